The van der Waals surface area contributed by atoms with Crippen LogP contribution in [0.25, 0.3) is 66.9 Å². The van der Waals surface area contributed by atoms with Crippen molar-refractivity contribution in [2.45, 2.75) is 100 Å². The summed E-state index contributed by atoms with van der Waals surface area (Å²) < 4.78 is 49.5. The highest BCUT2D eigenvalue weighted by molar-refractivity contribution is 5.86. The van der Waals surface area contributed by atoms with Gasteiger partial charge in [0.2, 0.25) is 0 Å². The number of ether oxygens (including phenoxy) is 8. The van der Waals surface area contributed by atoms with Gasteiger partial charge in [0.25, 0.3) is 0 Å². The number of nitrogens with zero attached hydrogens (tertiary/aromatic N) is 16. The third kappa shape index (κ3) is 23.0. The van der Waals surface area contributed by atoms with Gasteiger partial charge in [-0.2, -0.15) is 15.3 Å². The number of aromatic nitrogens is 12. The molecule has 1 saturated heterocycles. The fraction of sp³-hybridized carbons (Fsp3) is 0.348. The van der Waals surface area contributed by atoms with E-state index in [1.54, 1.807) is 96.4 Å². The molecule has 0 bridgehead atoms. The monoisotopic (exact) mass is 1630 g/mol. The van der Waals surface area contributed by atoms with Gasteiger partial charge in [0.05, 0.1) is 156 Å². The molecule has 0 spiro atoms. The highest BCUT2D eigenvalue weighted by Gasteiger charge is 2.29. The first-order valence-electron chi connectivity index (χ1n) is 38.6. The zero-order valence-corrected chi connectivity index (χ0v) is 68.7. The van der Waals surface area contributed by atoms with Gasteiger partial charge in [-0.1, -0.05) is 54.0 Å². The lowest BCUT2D eigenvalue weighted by Crippen LogP contribution is -2.42. The Morgan fingerprint density at radius 1 is 0.517 bits per heavy atom. The van der Waals surface area contributed by atoms with Gasteiger partial charge in [-0.25, -0.2) is 19.7 Å². The van der Waals surface area contributed by atoms with Gasteiger partial charge in [0, 0.05) is 189 Å². The van der Waals surface area contributed by atoms with Crippen LogP contribution < -0.4 is 53.2 Å². The third-order valence-corrected chi connectivity index (χ3v) is 19.5. The minimum Gasteiger partial charge on any atom is -0.497 e. The van der Waals surface area contributed by atoms with Gasteiger partial charge in [0.1, 0.15) is 45.8 Å². The van der Waals surface area contributed by atoms with E-state index in [1.165, 1.54) is 0 Å². The summed E-state index contributed by atoms with van der Waals surface area (Å²) in [4.78, 5) is 49.3. The van der Waals surface area contributed by atoms with Crippen LogP contribution in [-0.2, 0) is 25.3 Å². The van der Waals surface area contributed by atoms with Crippen LogP contribution >= 0.6 is 0 Å². The average Bonchev–Trinajstić information content (AvgIpc) is 1.40. The van der Waals surface area contributed by atoms with Crippen LogP contribution in [0.1, 0.15) is 93.5 Å². The Balaban J connectivity index is 0.000000204. The summed E-state index contributed by atoms with van der Waals surface area (Å²) in [5, 5.41) is 35.8. The number of fused-ring (bicyclic) bond motifs is 3. The molecule has 120 heavy (non-hydrogen) atoms. The van der Waals surface area contributed by atoms with Gasteiger partial charge in [-0.15, -0.1) is 0 Å². The molecule has 0 radical (unpaired) electrons. The predicted octanol–water partition coefficient (Wildman–Crippen LogP) is 16.5. The molecule has 1 fully saturated rings. The van der Waals surface area contributed by atoms with E-state index in [0.717, 1.165) is 155 Å². The molecule has 0 unspecified atom stereocenters. The molecule has 28 heteroatoms. The van der Waals surface area contributed by atoms with E-state index < -0.39 is 5.60 Å². The molecule has 28 nitrogen and oxygen atoms in total. The number of nitrogens with one attached hydrogen (secondary N) is 1. The minimum absolute atomic E-state index is 0. The van der Waals surface area contributed by atoms with Crippen molar-refractivity contribution in [3.8, 4) is 85.9 Å². The number of aryl methyl sites for hydroxylation is 2. The third-order valence-electron chi connectivity index (χ3n) is 19.5. The molecular weight excluding hydrogens is 1520 g/mol. The first kappa shape index (κ1) is 90.8. The van der Waals surface area contributed by atoms with Crippen molar-refractivity contribution in [3.63, 3.8) is 0 Å². The van der Waals surface area contributed by atoms with Crippen LogP contribution in [-0.4, -0.2) is 194 Å². The number of benzene rings is 7. The minimum atomic E-state index is -0.502. The van der Waals surface area contributed by atoms with E-state index in [4.69, 9.17) is 57.8 Å². The van der Waals surface area contributed by atoms with Crippen LogP contribution in [0.5, 0.6) is 40.2 Å². The Morgan fingerprint density at radius 2 is 0.983 bits per heavy atom. The summed E-state index contributed by atoms with van der Waals surface area (Å²) in [5.74, 6) is 11.5. The smallest absolute Gasteiger partial charge is 0.410 e. The van der Waals surface area contributed by atoms with Crippen LogP contribution in [0.2, 0.25) is 0 Å². The van der Waals surface area contributed by atoms with Crippen LogP contribution in [0.3, 0.4) is 0 Å². The van der Waals surface area contributed by atoms with Crippen molar-refractivity contribution in [3.05, 3.63) is 194 Å². The van der Waals surface area contributed by atoms with Gasteiger partial charge in [0.15, 0.2) is 0 Å². The number of piperidine rings is 1. The van der Waals surface area contributed by atoms with Crippen molar-refractivity contribution in [2.24, 2.45) is 14.1 Å². The summed E-state index contributed by atoms with van der Waals surface area (Å²) in [7, 11) is 15.2. The molecule has 1 amide bonds. The molecule has 7 aromatic carbocycles. The lowest BCUT2D eigenvalue weighted by atomic mass is 10.1. The zero-order chi connectivity index (χ0) is 82.7. The summed E-state index contributed by atoms with van der Waals surface area (Å²) in [5.41, 5.74) is 16.4. The van der Waals surface area contributed by atoms with Crippen molar-refractivity contribution in [1.29, 1.82) is 0 Å². The van der Waals surface area contributed by atoms with E-state index in [-0.39, 0.29) is 47.6 Å². The van der Waals surface area contributed by atoms with E-state index >= 15 is 0 Å². The standard InChI is InChI=1S/C34H45N7O4.C30H27N5O3.C25H29N5O4.3CH4/c1-23(2)35-12-15-40(27-16-28(43-6)19-29(17-27)44-7)26-8-9-30-31(18-26)38-32(21-36-30)24-20-37-41(22-24)25-10-13-39(14-11-25)33(42)45-34(3,4)5;1-34-20-22(18-32-34)30-19-31-28-11-10-23(16-29(28)33-30)35(24-14-26(37-3)17-27(15-24)38-4)12-6-8-21-7-5-9-25(13-21)36-2;1-29-25(5-4-9-31)21(15-27-29)24-16-26-22-7-6-17(13-23(22)28-24)30(8-10-32)18-11-19(33-2)14-20(12-18)34-3;;;/h8-9,16-23,25,35H,10-15H2,1-7H3;5,7,9-11,13-20H,12H2,1-4H3;6-7,11-16,31-32H,4-5,8-10H2,1-3H3;3*1H4. The maximum absolute atomic E-state index is 12.5. The molecule has 1 aliphatic heterocycles. The molecule has 6 aromatic heterocycles. The summed E-state index contributed by atoms with van der Waals surface area (Å²) >= 11 is 0. The number of aliphatic hydroxyl groups excluding tert-OH is 2. The number of hydrogen-bond acceptors (Lipinski definition) is 24. The number of carbonyl (C=O) groups excluding carboxylic acids is 1. The second-order valence-electron chi connectivity index (χ2n) is 29.0. The Hall–Kier alpha value is -13.1. The highest BCUT2D eigenvalue weighted by atomic mass is 16.6. The van der Waals surface area contributed by atoms with E-state index in [2.05, 4.69) is 78.2 Å². The molecule has 0 aliphatic carbocycles. The Labute approximate surface area is 703 Å². The molecule has 632 valence electrons. The number of amides is 1. The van der Waals surface area contributed by atoms with Crippen molar-refractivity contribution in [2.75, 3.05) is 117 Å². The lowest BCUT2D eigenvalue weighted by Gasteiger charge is -2.33. The molecule has 3 N–H and O–H groups in total. The predicted molar refractivity (Wildman–Crippen MR) is 476 cm³/mol. The van der Waals surface area contributed by atoms with Gasteiger partial charge >= 0.3 is 6.09 Å². The highest BCUT2D eigenvalue weighted by Crippen LogP contribution is 2.39. The number of carbonyl (C=O) groups is 1. The zero-order valence-electron chi connectivity index (χ0n) is 68.7. The van der Waals surface area contributed by atoms with Gasteiger partial charge < -0.3 is 73.0 Å². The number of rotatable bonds is 27. The number of methoxy groups -OCH3 is 7. The number of anilines is 6. The van der Waals surface area contributed by atoms with Crippen molar-refractivity contribution < 1.29 is 52.9 Å². The fourth-order valence-electron chi connectivity index (χ4n) is 13.5. The summed E-state index contributed by atoms with van der Waals surface area (Å²) in [6, 6.07) is 43.5. The van der Waals surface area contributed by atoms with Crippen LogP contribution in [0.4, 0.5) is 38.9 Å². The molecule has 1 aliphatic rings. The maximum atomic E-state index is 12.5. The van der Waals surface area contributed by atoms with E-state index in [9.17, 15) is 15.0 Å². The normalized spacial score (nSPS) is 11.8. The second-order valence-corrected chi connectivity index (χ2v) is 29.0. The van der Waals surface area contributed by atoms with E-state index in [0.29, 0.717) is 68.1 Å². The molecular formula is C92H113N17O11. The fourth-order valence-corrected chi connectivity index (χ4v) is 13.5. The first-order chi connectivity index (χ1) is 56.6. The topological polar surface area (TPSA) is 287 Å². The molecule has 0 atom stereocenters. The maximum Gasteiger partial charge on any atom is 0.410 e. The number of aliphatic hydroxyl groups is 2. The average molecular weight is 1630 g/mol. The quantitative estimate of drug-likeness (QED) is 0.0403. The van der Waals surface area contributed by atoms with Crippen LogP contribution in [0.15, 0.2) is 183 Å². The van der Waals surface area contributed by atoms with E-state index in [1.807, 2.05) is 183 Å². The lowest BCUT2D eigenvalue weighted by molar-refractivity contribution is 0.0184. The molecule has 7 heterocycles. The Bertz CT molecular complexity index is 5540. The number of likely N-dealkylation sites (tertiary alicyclic amines) is 1. The summed E-state index contributed by atoms with van der Waals surface area (Å²) in [6.07, 6.45) is 17.4. The molecule has 13 aromatic rings. The van der Waals surface area contributed by atoms with Crippen LogP contribution in [0, 0.1) is 11.8 Å². The van der Waals surface area contributed by atoms with Crippen molar-refractivity contribution in [1.82, 2.24) is 69.5 Å². The molecule has 14 rings (SSSR count). The number of hydrogen-bond donors (Lipinski definition) is 3. The molecule has 0 saturated carbocycles. The second kappa shape index (κ2) is 42.3. The van der Waals surface area contributed by atoms with Crippen molar-refractivity contribution >= 4 is 73.3 Å². The SMILES string of the molecule is C.C.C.COc1cc(OC)cc(N(CCNC(C)C)c2ccc3ncc(-c4cnn(C5CCN(C(=O)OC(C)(C)C)CC5)c4)nc3c2)c1.COc1cc(OC)cc(N(CCO)c2ccc3ncc(-c4cnn(C)c4CCCO)nc3c2)c1.COc1cccc(C#CCN(c2cc(OC)cc(OC)c2)c2ccc3ncc(-c4cnn(C)c4)nc3c2)c1. The van der Waals surface area contributed by atoms with Gasteiger partial charge in [-0.05, 0) is 119 Å². The first-order valence-corrected chi connectivity index (χ1v) is 38.6. The largest absolute Gasteiger partial charge is 0.497 e. The summed E-state index contributed by atoms with van der Waals surface area (Å²) in [6.45, 7) is 13.6. The Morgan fingerprint density at radius 3 is 1.45 bits per heavy atom. The van der Waals surface area contributed by atoms with Gasteiger partial charge in [-0.3, -0.25) is 29.0 Å². The Kier molecular flexibility index (Phi) is 32.0.